The maximum Gasteiger partial charge on any atom is 0.322 e. The average molecular weight is 176 g/mol. The molecule has 3 amide bonds. The first-order valence-corrected chi connectivity index (χ1v) is 3.89. The molecule has 0 saturated heterocycles. The topological polar surface area (TPSA) is 63.4 Å². The lowest BCUT2D eigenvalue weighted by Crippen LogP contribution is -2.35. The third-order valence-corrected chi connectivity index (χ3v) is 2.09. The molecule has 0 fully saturated rings. The van der Waals surface area contributed by atoms with Crippen LogP contribution >= 0.6 is 0 Å². The van der Waals surface area contributed by atoms with Crippen LogP contribution in [0.25, 0.3) is 0 Å². The largest absolute Gasteiger partial charge is 0.351 e. The van der Waals surface area contributed by atoms with Gasteiger partial charge >= 0.3 is 6.03 Å². The first-order valence-electron chi connectivity index (χ1n) is 3.89. The van der Waals surface area contributed by atoms with Crippen LogP contribution < -0.4 is 5.73 Å². The van der Waals surface area contributed by atoms with Gasteiger partial charge in [0.25, 0.3) is 5.91 Å². The van der Waals surface area contributed by atoms with E-state index in [0.717, 1.165) is 10.5 Å². The Morgan fingerprint density at radius 3 is 2.69 bits per heavy atom. The number of nitrogens with two attached hydrogens (primary N) is 1. The van der Waals surface area contributed by atoms with Gasteiger partial charge in [0.1, 0.15) is 0 Å². The van der Waals surface area contributed by atoms with Crippen LogP contribution in [0, 0.1) is 0 Å². The van der Waals surface area contributed by atoms with Crippen LogP contribution in [-0.4, -0.2) is 16.8 Å². The SMILES string of the molecule is NC(=O)N1Cc2ccccc2C1=O. The third kappa shape index (κ3) is 1.07. The van der Waals surface area contributed by atoms with Crippen molar-refractivity contribution in [1.29, 1.82) is 0 Å². The molecule has 1 aliphatic heterocycles. The number of fused-ring (bicyclic) bond motifs is 1. The second-order valence-electron chi connectivity index (χ2n) is 2.89. The number of hydrogen-bond donors (Lipinski definition) is 1. The number of amides is 3. The van der Waals surface area contributed by atoms with Gasteiger partial charge in [-0.2, -0.15) is 0 Å². The molecule has 1 aromatic carbocycles. The van der Waals surface area contributed by atoms with Crippen LogP contribution in [0.15, 0.2) is 24.3 Å². The summed E-state index contributed by atoms with van der Waals surface area (Å²) in [7, 11) is 0. The molecule has 0 saturated carbocycles. The highest BCUT2D eigenvalue weighted by molar-refractivity contribution is 6.07. The van der Waals surface area contributed by atoms with E-state index < -0.39 is 6.03 Å². The van der Waals surface area contributed by atoms with E-state index in [4.69, 9.17) is 5.73 Å². The first-order chi connectivity index (χ1) is 6.20. The van der Waals surface area contributed by atoms with Crippen molar-refractivity contribution in [3.05, 3.63) is 35.4 Å². The van der Waals surface area contributed by atoms with Gasteiger partial charge in [0.05, 0.1) is 6.54 Å². The number of benzene rings is 1. The lowest BCUT2D eigenvalue weighted by molar-refractivity contribution is 0.0828. The fourth-order valence-corrected chi connectivity index (χ4v) is 1.43. The Balaban J connectivity index is 2.44. The molecule has 0 bridgehead atoms. The molecule has 13 heavy (non-hydrogen) atoms. The number of carbonyl (C=O) groups excluding carboxylic acids is 2. The first kappa shape index (κ1) is 7.79. The summed E-state index contributed by atoms with van der Waals surface area (Å²) in [5, 5.41) is 0. The summed E-state index contributed by atoms with van der Waals surface area (Å²) in [5.41, 5.74) is 6.46. The van der Waals surface area contributed by atoms with Gasteiger partial charge in [-0.1, -0.05) is 18.2 Å². The zero-order chi connectivity index (χ0) is 9.42. The fraction of sp³-hybridized carbons (Fsp3) is 0.111. The van der Waals surface area contributed by atoms with Crippen LogP contribution in [-0.2, 0) is 6.54 Å². The summed E-state index contributed by atoms with van der Waals surface area (Å²) in [4.78, 5) is 23.3. The molecule has 1 aromatic rings. The normalized spacial score (nSPS) is 14.5. The summed E-state index contributed by atoms with van der Waals surface area (Å²) in [6.45, 7) is 0.296. The summed E-state index contributed by atoms with van der Waals surface area (Å²) in [5.74, 6) is -0.303. The Bertz CT molecular complexity index is 387. The minimum absolute atomic E-state index is 0.296. The maximum atomic E-state index is 11.5. The van der Waals surface area contributed by atoms with Gasteiger partial charge in [0, 0.05) is 5.56 Å². The van der Waals surface area contributed by atoms with Gasteiger partial charge in [0.15, 0.2) is 0 Å². The fourth-order valence-electron chi connectivity index (χ4n) is 1.43. The zero-order valence-electron chi connectivity index (χ0n) is 6.86. The molecule has 0 aliphatic carbocycles. The minimum atomic E-state index is -0.693. The summed E-state index contributed by atoms with van der Waals surface area (Å²) in [6.07, 6.45) is 0. The van der Waals surface area contributed by atoms with Crippen LogP contribution in [0.1, 0.15) is 15.9 Å². The Morgan fingerprint density at radius 1 is 1.38 bits per heavy atom. The Labute approximate surface area is 74.9 Å². The van der Waals surface area contributed by atoms with E-state index in [1.165, 1.54) is 0 Å². The van der Waals surface area contributed by atoms with Crippen molar-refractivity contribution in [1.82, 2.24) is 4.90 Å². The van der Waals surface area contributed by atoms with Gasteiger partial charge in [0.2, 0.25) is 0 Å². The van der Waals surface area contributed by atoms with Crippen molar-refractivity contribution in [2.45, 2.75) is 6.54 Å². The van der Waals surface area contributed by atoms with Crippen LogP contribution in [0.2, 0.25) is 0 Å². The van der Waals surface area contributed by atoms with E-state index in [1.54, 1.807) is 12.1 Å². The lowest BCUT2D eigenvalue weighted by atomic mass is 10.1. The molecule has 0 atom stereocenters. The molecule has 1 heterocycles. The Morgan fingerprint density at radius 2 is 2.08 bits per heavy atom. The number of urea groups is 1. The number of carbonyl (C=O) groups is 2. The summed E-state index contributed by atoms with van der Waals surface area (Å²) in [6, 6.07) is 6.41. The van der Waals surface area contributed by atoms with E-state index >= 15 is 0 Å². The quantitative estimate of drug-likeness (QED) is 0.633. The molecule has 0 aromatic heterocycles. The highest BCUT2D eigenvalue weighted by Crippen LogP contribution is 2.21. The molecule has 4 heteroatoms. The molecule has 2 rings (SSSR count). The minimum Gasteiger partial charge on any atom is -0.351 e. The van der Waals surface area contributed by atoms with Crippen molar-refractivity contribution < 1.29 is 9.59 Å². The molecule has 66 valence electrons. The molecule has 4 nitrogen and oxygen atoms in total. The van der Waals surface area contributed by atoms with Crippen molar-refractivity contribution >= 4 is 11.9 Å². The summed E-state index contributed by atoms with van der Waals surface area (Å²) >= 11 is 0. The van der Waals surface area contributed by atoms with Gasteiger partial charge in [-0.3, -0.25) is 9.69 Å². The van der Waals surface area contributed by atoms with Gasteiger partial charge < -0.3 is 5.73 Å². The maximum absolute atomic E-state index is 11.5. The predicted octanol–water partition coefficient (Wildman–Crippen LogP) is 0.721. The highest BCUT2D eigenvalue weighted by Gasteiger charge is 2.29. The molecule has 2 N–H and O–H groups in total. The predicted molar refractivity (Wildman–Crippen MR) is 45.9 cm³/mol. The standard InChI is InChI=1S/C9H8N2O2/c10-9(13)11-5-6-3-1-2-4-7(6)8(11)12/h1-4H,5H2,(H2,10,13). The molecule has 1 aliphatic rings. The number of rotatable bonds is 0. The highest BCUT2D eigenvalue weighted by atomic mass is 16.2. The van der Waals surface area contributed by atoms with Gasteiger partial charge in [-0.05, 0) is 11.6 Å². The molecule has 0 radical (unpaired) electrons. The van der Waals surface area contributed by atoms with Crippen LogP contribution in [0.3, 0.4) is 0 Å². The summed E-state index contributed by atoms with van der Waals surface area (Å²) < 4.78 is 0. The number of imide groups is 1. The number of nitrogens with zero attached hydrogens (tertiary/aromatic N) is 1. The zero-order valence-corrected chi connectivity index (χ0v) is 6.86. The molecular weight excluding hydrogens is 168 g/mol. The van der Waals surface area contributed by atoms with Crippen molar-refractivity contribution in [3.8, 4) is 0 Å². The third-order valence-electron chi connectivity index (χ3n) is 2.09. The van der Waals surface area contributed by atoms with E-state index in [1.807, 2.05) is 12.1 Å². The second-order valence-corrected chi connectivity index (χ2v) is 2.89. The Kier molecular flexibility index (Phi) is 1.55. The second kappa shape index (κ2) is 2.58. The smallest absolute Gasteiger partial charge is 0.322 e. The number of hydrogen-bond acceptors (Lipinski definition) is 2. The van der Waals surface area contributed by atoms with E-state index in [-0.39, 0.29) is 5.91 Å². The van der Waals surface area contributed by atoms with Crippen molar-refractivity contribution in [3.63, 3.8) is 0 Å². The van der Waals surface area contributed by atoms with E-state index in [2.05, 4.69) is 0 Å². The van der Waals surface area contributed by atoms with Crippen molar-refractivity contribution in [2.75, 3.05) is 0 Å². The van der Waals surface area contributed by atoms with Crippen molar-refractivity contribution in [2.24, 2.45) is 5.73 Å². The van der Waals surface area contributed by atoms with Crippen LogP contribution in [0.4, 0.5) is 4.79 Å². The molecule has 0 unspecified atom stereocenters. The van der Waals surface area contributed by atoms with Gasteiger partial charge in [-0.25, -0.2) is 4.79 Å². The van der Waals surface area contributed by atoms with E-state index in [0.29, 0.717) is 12.1 Å². The lowest BCUT2D eigenvalue weighted by Gasteiger charge is -2.08. The van der Waals surface area contributed by atoms with E-state index in [9.17, 15) is 9.59 Å². The number of primary amides is 1. The molecule has 0 spiro atoms. The Hall–Kier alpha value is -1.84. The molecular formula is C9H8N2O2. The monoisotopic (exact) mass is 176 g/mol. The average Bonchev–Trinajstić information content (AvgIpc) is 2.45. The van der Waals surface area contributed by atoms with Gasteiger partial charge in [-0.15, -0.1) is 0 Å². The van der Waals surface area contributed by atoms with Crippen LogP contribution in [0.5, 0.6) is 0 Å².